The van der Waals surface area contributed by atoms with Crippen molar-refractivity contribution in [2.45, 2.75) is 25.8 Å². The number of hydrogen-bond donors (Lipinski definition) is 2. The van der Waals surface area contributed by atoms with Crippen molar-refractivity contribution in [1.29, 1.82) is 0 Å². The third kappa shape index (κ3) is 2.96. The summed E-state index contributed by atoms with van der Waals surface area (Å²) >= 11 is 0. The van der Waals surface area contributed by atoms with Crippen LogP contribution < -0.4 is 11.1 Å². The van der Waals surface area contributed by atoms with Gasteiger partial charge < -0.3 is 11.1 Å². The van der Waals surface area contributed by atoms with Gasteiger partial charge in [0.05, 0.1) is 6.04 Å². The van der Waals surface area contributed by atoms with Crippen LogP contribution in [0, 0.1) is 0 Å². The number of anilines is 1. The number of nitrogens with two attached hydrogens (primary N) is 1. The van der Waals surface area contributed by atoms with Crippen LogP contribution in [0.5, 0.6) is 0 Å². The van der Waals surface area contributed by atoms with Crippen LogP contribution >= 0.6 is 0 Å². The molecule has 3 heterocycles. The van der Waals surface area contributed by atoms with Gasteiger partial charge in [-0.25, -0.2) is 9.97 Å². The van der Waals surface area contributed by atoms with E-state index in [0.29, 0.717) is 5.82 Å². The molecule has 0 spiro atoms. The van der Waals surface area contributed by atoms with Gasteiger partial charge in [0.25, 0.3) is 5.91 Å². The molecule has 0 bridgehead atoms. The van der Waals surface area contributed by atoms with Gasteiger partial charge in [0, 0.05) is 18.6 Å². The molecule has 0 radical (unpaired) electrons. The molecule has 23 heavy (non-hydrogen) atoms. The Labute approximate surface area is 132 Å². The zero-order chi connectivity index (χ0) is 16.2. The molecule has 0 aliphatic carbocycles. The number of carbonyl (C=O) groups excluding carboxylic acids is 1. The Morgan fingerprint density at radius 3 is 2.91 bits per heavy atom. The van der Waals surface area contributed by atoms with Crippen LogP contribution in [-0.2, 0) is 0 Å². The zero-order valence-corrected chi connectivity index (χ0v) is 12.7. The molecular weight excluding hydrogens is 294 g/mol. The topological polar surface area (TPSA) is 111 Å². The average molecular weight is 311 g/mol. The van der Waals surface area contributed by atoms with E-state index in [4.69, 9.17) is 5.73 Å². The van der Waals surface area contributed by atoms with Gasteiger partial charge in [-0.05, 0) is 18.6 Å². The lowest BCUT2D eigenvalue weighted by Crippen LogP contribution is -2.31. The quantitative estimate of drug-likeness (QED) is 0.736. The van der Waals surface area contributed by atoms with Crippen LogP contribution in [-0.4, -0.2) is 30.5 Å². The summed E-state index contributed by atoms with van der Waals surface area (Å²) in [4.78, 5) is 20.3. The molecular formula is C15H17N7O. The van der Waals surface area contributed by atoms with Crippen LogP contribution in [0.2, 0.25) is 0 Å². The molecule has 3 N–H and O–H groups in total. The van der Waals surface area contributed by atoms with Gasteiger partial charge in [-0.2, -0.15) is 0 Å². The first-order valence-corrected chi connectivity index (χ1v) is 7.37. The molecule has 0 aromatic carbocycles. The van der Waals surface area contributed by atoms with Crippen LogP contribution in [0.25, 0.3) is 5.65 Å². The summed E-state index contributed by atoms with van der Waals surface area (Å²) in [6, 6.07) is 5.36. The molecule has 0 fully saturated rings. The minimum Gasteiger partial charge on any atom is -0.382 e. The first-order chi connectivity index (χ1) is 11.2. The smallest absolute Gasteiger partial charge is 0.274 e. The van der Waals surface area contributed by atoms with Gasteiger partial charge in [-0.3, -0.25) is 9.20 Å². The lowest BCUT2D eigenvalue weighted by atomic mass is 10.1. The summed E-state index contributed by atoms with van der Waals surface area (Å²) in [6.07, 6.45) is 6.36. The SMILES string of the molecule is CCCC(NC(=O)c1nccnc1N)c1nnc2ccccn12. The van der Waals surface area contributed by atoms with Gasteiger partial charge >= 0.3 is 0 Å². The van der Waals surface area contributed by atoms with Crippen molar-refractivity contribution >= 4 is 17.4 Å². The minimum atomic E-state index is -0.373. The Kier molecular flexibility index (Phi) is 4.13. The highest BCUT2D eigenvalue weighted by atomic mass is 16.2. The summed E-state index contributed by atoms with van der Waals surface area (Å²) in [7, 11) is 0. The predicted molar refractivity (Wildman–Crippen MR) is 84.5 cm³/mol. The van der Waals surface area contributed by atoms with E-state index in [2.05, 4.69) is 25.5 Å². The summed E-state index contributed by atoms with van der Waals surface area (Å²) in [5.41, 5.74) is 6.56. The molecule has 3 aromatic rings. The summed E-state index contributed by atoms with van der Waals surface area (Å²) in [5, 5.41) is 11.3. The van der Waals surface area contributed by atoms with Gasteiger partial charge in [0.2, 0.25) is 0 Å². The van der Waals surface area contributed by atoms with E-state index in [-0.39, 0.29) is 23.5 Å². The molecule has 1 unspecified atom stereocenters. The van der Waals surface area contributed by atoms with Crippen LogP contribution in [0.1, 0.15) is 42.1 Å². The average Bonchev–Trinajstić information content (AvgIpc) is 2.99. The predicted octanol–water partition coefficient (Wildman–Crippen LogP) is 1.37. The van der Waals surface area contributed by atoms with E-state index in [0.717, 1.165) is 18.5 Å². The normalized spacial score (nSPS) is 12.2. The molecule has 8 nitrogen and oxygen atoms in total. The fourth-order valence-electron chi connectivity index (χ4n) is 2.40. The Bertz CT molecular complexity index is 829. The Hall–Kier alpha value is -3.03. The number of nitrogens with zero attached hydrogens (tertiary/aromatic N) is 5. The highest BCUT2D eigenvalue weighted by Gasteiger charge is 2.22. The second kappa shape index (κ2) is 6.39. The monoisotopic (exact) mass is 311 g/mol. The fraction of sp³-hybridized carbons (Fsp3) is 0.267. The van der Waals surface area contributed by atoms with Gasteiger partial charge in [0.1, 0.15) is 0 Å². The minimum absolute atomic E-state index is 0.103. The van der Waals surface area contributed by atoms with E-state index in [1.807, 2.05) is 35.7 Å². The molecule has 1 atom stereocenters. The number of carbonyl (C=O) groups is 1. The van der Waals surface area contributed by atoms with Crippen molar-refractivity contribution in [1.82, 2.24) is 29.9 Å². The van der Waals surface area contributed by atoms with Crippen molar-refractivity contribution < 1.29 is 4.79 Å². The molecule has 0 aliphatic rings. The number of nitrogen functional groups attached to an aromatic ring is 1. The van der Waals surface area contributed by atoms with Crippen LogP contribution in [0.3, 0.4) is 0 Å². The molecule has 0 saturated carbocycles. The first kappa shape index (κ1) is 14.9. The second-order valence-electron chi connectivity index (χ2n) is 5.09. The van der Waals surface area contributed by atoms with Gasteiger partial charge in [0.15, 0.2) is 23.0 Å². The van der Waals surface area contributed by atoms with Crippen molar-refractivity contribution in [3.63, 3.8) is 0 Å². The summed E-state index contributed by atoms with van der Waals surface area (Å²) < 4.78 is 1.86. The third-order valence-electron chi connectivity index (χ3n) is 3.48. The molecule has 3 rings (SSSR count). The van der Waals surface area contributed by atoms with Gasteiger partial charge in [-0.1, -0.05) is 19.4 Å². The van der Waals surface area contributed by atoms with E-state index in [1.165, 1.54) is 12.4 Å². The maximum atomic E-state index is 12.4. The summed E-state index contributed by atoms with van der Waals surface area (Å²) in [6.45, 7) is 2.04. The lowest BCUT2D eigenvalue weighted by molar-refractivity contribution is 0.0928. The Morgan fingerprint density at radius 1 is 1.30 bits per heavy atom. The van der Waals surface area contributed by atoms with Crippen molar-refractivity contribution in [2.24, 2.45) is 0 Å². The Balaban J connectivity index is 1.90. The highest BCUT2D eigenvalue weighted by molar-refractivity contribution is 5.96. The molecule has 118 valence electrons. The Morgan fingerprint density at radius 2 is 2.13 bits per heavy atom. The number of hydrogen-bond acceptors (Lipinski definition) is 6. The van der Waals surface area contributed by atoms with Crippen LogP contribution in [0.15, 0.2) is 36.8 Å². The molecule has 0 aliphatic heterocycles. The van der Waals surface area contributed by atoms with Crippen molar-refractivity contribution in [3.8, 4) is 0 Å². The lowest BCUT2D eigenvalue weighted by Gasteiger charge is -2.16. The molecule has 3 aromatic heterocycles. The summed E-state index contributed by atoms with van der Waals surface area (Å²) in [5.74, 6) is 0.409. The fourth-order valence-corrected chi connectivity index (χ4v) is 2.40. The standard InChI is InChI=1S/C15H17N7O/c1-2-5-10(14-21-20-11-6-3-4-9-22(11)14)19-15(23)12-13(16)18-8-7-17-12/h3-4,6-10H,2,5H2,1H3,(H2,16,18)(H,19,23). The zero-order valence-electron chi connectivity index (χ0n) is 12.7. The molecule has 1 amide bonds. The first-order valence-electron chi connectivity index (χ1n) is 7.37. The number of rotatable bonds is 5. The van der Waals surface area contributed by atoms with Crippen molar-refractivity contribution in [2.75, 3.05) is 5.73 Å². The number of nitrogens with one attached hydrogen (secondary N) is 1. The third-order valence-corrected chi connectivity index (χ3v) is 3.48. The van der Waals surface area contributed by atoms with E-state index < -0.39 is 0 Å². The highest BCUT2D eigenvalue weighted by Crippen LogP contribution is 2.18. The molecule has 8 heteroatoms. The van der Waals surface area contributed by atoms with E-state index >= 15 is 0 Å². The number of pyridine rings is 1. The van der Waals surface area contributed by atoms with Crippen LogP contribution in [0.4, 0.5) is 5.82 Å². The van der Waals surface area contributed by atoms with Crippen molar-refractivity contribution in [3.05, 3.63) is 48.3 Å². The van der Waals surface area contributed by atoms with E-state index in [9.17, 15) is 4.79 Å². The maximum absolute atomic E-state index is 12.4. The second-order valence-corrected chi connectivity index (χ2v) is 5.09. The number of amides is 1. The molecule has 0 saturated heterocycles. The maximum Gasteiger partial charge on any atom is 0.274 e. The van der Waals surface area contributed by atoms with E-state index in [1.54, 1.807) is 0 Å². The largest absolute Gasteiger partial charge is 0.382 e. The number of aromatic nitrogens is 5. The van der Waals surface area contributed by atoms with Gasteiger partial charge in [-0.15, -0.1) is 10.2 Å². The number of fused-ring (bicyclic) bond motifs is 1.